The Morgan fingerprint density at radius 3 is 1.66 bits per heavy atom. The van der Waals surface area contributed by atoms with Crippen molar-refractivity contribution in [3.05, 3.63) is 120 Å². The average molecular weight is 475 g/mol. The fourth-order valence-corrected chi connectivity index (χ4v) is 4.11. The number of likely N-dealkylation sites (N-methyl/N-ethyl adjacent to an activating group) is 1. The lowest BCUT2D eigenvalue weighted by molar-refractivity contribution is -0.837. The van der Waals surface area contributed by atoms with Crippen molar-refractivity contribution in [1.29, 1.82) is 0 Å². The maximum Gasteiger partial charge on any atom is 0.175 e. The van der Waals surface area contributed by atoms with Crippen LogP contribution in [0.15, 0.2) is 103 Å². The number of nitrogens with zero attached hydrogens (tertiary/aromatic N) is 1. The highest BCUT2D eigenvalue weighted by atomic mass is 16.6. The summed E-state index contributed by atoms with van der Waals surface area (Å²) in [6.07, 6.45) is 0.942. The van der Waals surface area contributed by atoms with Crippen LogP contribution in [0.5, 0.6) is 0 Å². The fourth-order valence-electron chi connectivity index (χ4n) is 4.11. The highest BCUT2D eigenvalue weighted by molar-refractivity contribution is 5.16. The fraction of sp³-hybridized carbons (Fsp3) is 0.333. The van der Waals surface area contributed by atoms with E-state index in [1.165, 1.54) is 0 Å². The predicted molar refractivity (Wildman–Crippen MR) is 137 cm³/mol. The van der Waals surface area contributed by atoms with Gasteiger partial charge in [-0.25, -0.2) is 0 Å². The molecule has 0 N–H and O–H groups in total. The van der Waals surface area contributed by atoms with Gasteiger partial charge in [-0.15, -0.1) is 0 Å². The second-order valence-electron chi connectivity index (χ2n) is 9.71. The van der Waals surface area contributed by atoms with E-state index in [1.807, 2.05) is 60.9 Å². The maximum absolute atomic E-state index is 6.56. The van der Waals surface area contributed by atoms with Crippen LogP contribution in [0, 0.1) is 0 Å². The van der Waals surface area contributed by atoms with Gasteiger partial charge in [0.15, 0.2) is 17.9 Å². The van der Waals surface area contributed by atoms with Crippen LogP contribution in [0.3, 0.4) is 0 Å². The summed E-state index contributed by atoms with van der Waals surface area (Å²) in [6.45, 7) is 1.89. The van der Waals surface area contributed by atoms with Gasteiger partial charge < -0.3 is 18.9 Å². The molecule has 0 aliphatic carbocycles. The maximum atomic E-state index is 6.56. The SMILES string of the molecule is C[N+](C)(C)C1=CO[C@H](COCc2ccccc2)[C@@H](OCc2ccccc2)[C@@H]1OCc1ccccc1. The monoisotopic (exact) mass is 474 g/mol. The lowest BCUT2D eigenvalue weighted by Gasteiger charge is -2.41. The third-order valence-electron chi connectivity index (χ3n) is 6.05. The van der Waals surface area contributed by atoms with Gasteiger partial charge in [-0.1, -0.05) is 91.0 Å². The quantitative estimate of drug-likeness (QED) is 0.353. The number of benzene rings is 3. The molecule has 1 aliphatic heterocycles. The molecular formula is C30H36NO4+. The molecule has 0 amide bonds. The van der Waals surface area contributed by atoms with Crippen molar-refractivity contribution >= 4 is 0 Å². The van der Waals surface area contributed by atoms with Crippen LogP contribution in [0.4, 0.5) is 0 Å². The third-order valence-corrected chi connectivity index (χ3v) is 6.05. The van der Waals surface area contributed by atoms with Crippen LogP contribution in [-0.4, -0.2) is 50.5 Å². The van der Waals surface area contributed by atoms with E-state index in [4.69, 9.17) is 18.9 Å². The van der Waals surface area contributed by atoms with Crippen molar-refractivity contribution in [3.8, 4) is 0 Å². The molecule has 5 heteroatoms. The van der Waals surface area contributed by atoms with Gasteiger partial charge in [0, 0.05) is 0 Å². The van der Waals surface area contributed by atoms with Crippen LogP contribution in [-0.2, 0) is 38.8 Å². The topological polar surface area (TPSA) is 36.9 Å². The molecule has 0 unspecified atom stereocenters. The summed E-state index contributed by atoms with van der Waals surface area (Å²) >= 11 is 0. The van der Waals surface area contributed by atoms with Crippen LogP contribution in [0.1, 0.15) is 16.7 Å². The summed E-state index contributed by atoms with van der Waals surface area (Å²) in [5.41, 5.74) is 4.39. The van der Waals surface area contributed by atoms with Crippen molar-refractivity contribution in [2.45, 2.75) is 38.1 Å². The lowest BCUT2D eigenvalue weighted by Crippen LogP contribution is -2.53. The second kappa shape index (κ2) is 12.1. The molecule has 1 heterocycles. The molecular weight excluding hydrogens is 438 g/mol. The van der Waals surface area contributed by atoms with Gasteiger partial charge in [0.25, 0.3) is 0 Å². The molecule has 3 aromatic rings. The predicted octanol–water partition coefficient (Wildman–Crippen LogP) is 5.32. The number of rotatable bonds is 11. The highest BCUT2D eigenvalue weighted by Gasteiger charge is 2.44. The van der Waals surface area contributed by atoms with E-state index in [1.54, 1.807) is 0 Å². The zero-order valence-electron chi connectivity index (χ0n) is 20.9. The first kappa shape index (κ1) is 25.1. The molecule has 35 heavy (non-hydrogen) atoms. The summed E-state index contributed by atoms with van der Waals surface area (Å²) < 4.78 is 26.0. The van der Waals surface area contributed by atoms with E-state index in [2.05, 4.69) is 57.5 Å². The van der Waals surface area contributed by atoms with E-state index in [0.29, 0.717) is 30.9 Å². The van der Waals surface area contributed by atoms with Crippen molar-refractivity contribution in [1.82, 2.24) is 0 Å². The third kappa shape index (κ3) is 7.26. The Morgan fingerprint density at radius 1 is 0.657 bits per heavy atom. The second-order valence-corrected chi connectivity index (χ2v) is 9.71. The smallest absolute Gasteiger partial charge is 0.175 e. The van der Waals surface area contributed by atoms with Crippen molar-refractivity contribution in [2.75, 3.05) is 27.7 Å². The zero-order valence-corrected chi connectivity index (χ0v) is 20.9. The summed E-state index contributed by atoms with van der Waals surface area (Å²) in [6, 6.07) is 30.6. The van der Waals surface area contributed by atoms with E-state index in [0.717, 1.165) is 22.4 Å². The molecule has 3 aromatic carbocycles. The Bertz CT molecular complexity index is 1050. The van der Waals surface area contributed by atoms with E-state index in [9.17, 15) is 0 Å². The van der Waals surface area contributed by atoms with Gasteiger partial charge in [-0.3, -0.25) is 4.48 Å². The summed E-state index contributed by atoms with van der Waals surface area (Å²) in [5, 5.41) is 0. The summed E-state index contributed by atoms with van der Waals surface area (Å²) in [4.78, 5) is 0. The van der Waals surface area contributed by atoms with Gasteiger partial charge in [0.2, 0.25) is 0 Å². The highest BCUT2D eigenvalue weighted by Crippen LogP contribution is 2.30. The van der Waals surface area contributed by atoms with Gasteiger partial charge in [0.1, 0.15) is 12.4 Å². The molecule has 1 aliphatic rings. The van der Waals surface area contributed by atoms with E-state index in [-0.39, 0.29) is 18.3 Å². The van der Waals surface area contributed by atoms with Crippen LogP contribution < -0.4 is 0 Å². The number of hydrogen-bond donors (Lipinski definition) is 0. The van der Waals surface area contributed by atoms with Crippen LogP contribution >= 0.6 is 0 Å². The Kier molecular flexibility index (Phi) is 8.72. The molecule has 184 valence electrons. The Hall–Kier alpha value is -2.96. The van der Waals surface area contributed by atoms with Crippen molar-refractivity contribution in [3.63, 3.8) is 0 Å². The summed E-state index contributed by atoms with van der Waals surface area (Å²) in [7, 11) is 6.36. The largest absolute Gasteiger partial charge is 0.487 e. The Labute approximate surface area is 209 Å². The standard InChI is InChI=1S/C30H36NO4/c1-31(2,3)27-22-33-28(23-32-19-24-13-7-4-8-14-24)30(35-21-26-17-11-6-12-18-26)29(27)34-20-25-15-9-5-10-16-25/h4-18,22,28-30H,19-21,23H2,1-3H3/q+1/t28-,29-,30-/m1/s1. The van der Waals surface area contributed by atoms with E-state index < -0.39 is 0 Å². The molecule has 4 rings (SSSR count). The molecule has 0 saturated heterocycles. The minimum Gasteiger partial charge on any atom is -0.487 e. The zero-order chi connectivity index (χ0) is 24.5. The first-order valence-corrected chi connectivity index (χ1v) is 12.1. The number of ether oxygens (including phenoxy) is 4. The Morgan fingerprint density at radius 2 is 1.14 bits per heavy atom. The number of quaternary nitrogens is 1. The molecule has 0 spiro atoms. The molecule has 5 nitrogen and oxygen atoms in total. The van der Waals surface area contributed by atoms with Gasteiger partial charge >= 0.3 is 0 Å². The first-order valence-electron chi connectivity index (χ1n) is 12.1. The van der Waals surface area contributed by atoms with E-state index >= 15 is 0 Å². The van der Waals surface area contributed by atoms with Gasteiger partial charge in [-0.05, 0) is 16.7 Å². The van der Waals surface area contributed by atoms with Crippen LogP contribution in [0.2, 0.25) is 0 Å². The number of hydrogen-bond acceptors (Lipinski definition) is 4. The minimum atomic E-state index is -0.327. The normalized spacial score (nSPS) is 20.2. The molecule has 3 atom stereocenters. The first-order chi connectivity index (χ1) is 17.0. The average Bonchev–Trinajstić information content (AvgIpc) is 2.88. The molecule has 0 bridgehead atoms. The molecule has 0 saturated carbocycles. The van der Waals surface area contributed by atoms with Crippen molar-refractivity contribution < 1.29 is 23.4 Å². The van der Waals surface area contributed by atoms with Gasteiger partial charge in [0.05, 0.1) is 47.6 Å². The molecule has 0 aromatic heterocycles. The van der Waals surface area contributed by atoms with Gasteiger partial charge in [-0.2, -0.15) is 0 Å². The Balaban J connectivity index is 1.53. The lowest BCUT2D eigenvalue weighted by atomic mass is 10.0. The molecule has 0 radical (unpaired) electrons. The minimum absolute atomic E-state index is 0.280. The van der Waals surface area contributed by atoms with Crippen molar-refractivity contribution in [2.24, 2.45) is 0 Å². The summed E-state index contributed by atoms with van der Waals surface area (Å²) in [5.74, 6) is 0. The van der Waals surface area contributed by atoms with Crippen LogP contribution in [0.25, 0.3) is 0 Å². The molecule has 0 fully saturated rings.